The fourth-order valence-corrected chi connectivity index (χ4v) is 3.97. The first-order valence-corrected chi connectivity index (χ1v) is 9.43. The second-order valence-corrected chi connectivity index (χ2v) is 7.70. The van der Waals surface area contributed by atoms with Gasteiger partial charge in [0.15, 0.2) is 0 Å². The molecule has 6 heteroatoms. The lowest BCUT2D eigenvalue weighted by Crippen LogP contribution is -2.38. The van der Waals surface area contributed by atoms with Crippen LogP contribution in [0.4, 0.5) is 14.5 Å². The number of piperidine rings is 1. The van der Waals surface area contributed by atoms with Gasteiger partial charge in [-0.3, -0.25) is 9.88 Å². The second-order valence-electron chi connectivity index (χ2n) is 7.27. The molecule has 0 amide bonds. The number of nitrogens with zero attached hydrogens (tertiary/aromatic N) is 3. The molecular weight excluding hydrogens is 356 g/mol. The van der Waals surface area contributed by atoms with Gasteiger partial charge in [-0.2, -0.15) is 0 Å². The van der Waals surface area contributed by atoms with E-state index in [4.69, 9.17) is 11.6 Å². The van der Waals surface area contributed by atoms with Gasteiger partial charge in [0.25, 0.3) is 5.92 Å². The number of halogens is 3. The molecule has 2 aromatic rings. The largest absolute Gasteiger partial charge is 0.366 e. The van der Waals surface area contributed by atoms with E-state index in [1.165, 1.54) is 11.1 Å². The molecule has 0 unspecified atom stereocenters. The van der Waals surface area contributed by atoms with Crippen molar-refractivity contribution in [2.75, 3.05) is 24.5 Å². The summed E-state index contributed by atoms with van der Waals surface area (Å²) in [4.78, 5) is 8.79. The lowest BCUT2D eigenvalue weighted by molar-refractivity contribution is -0.0566. The van der Waals surface area contributed by atoms with Crippen molar-refractivity contribution in [2.45, 2.75) is 38.3 Å². The van der Waals surface area contributed by atoms with Crippen LogP contribution in [0.15, 0.2) is 36.7 Å². The molecule has 2 aliphatic heterocycles. The SMILES string of the molecule is FC1(F)CCN(Cc2cncc(N3CCc4cc(Cl)ccc4C3)c2)CC1. The standard InChI is InChI=1S/C20H22ClF2N3/c21-18-2-1-17-14-26(6-3-16(17)10-18)19-9-15(11-24-12-19)13-25-7-4-20(22,23)5-8-25/h1-2,9-12H,3-8,13-14H2. The molecule has 0 saturated carbocycles. The number of alkyl halides is 2. The molecule has 0 radical (unpaired) electrons. The number of fused-ring (bicyclic) bond motifs is 1. The van der Waals surface area contributed by atoms with Crippen LogP contribution < -0.4 is 4.90 Å². The molecule has 2 aliphatic rings. The predicted octanol–water partition coefficient (Wildman–Crippen LogP) is 4.53. The molecule has 1 fully saturated rings. The summed E-state index contributed by atoms with van der Waals surface area (Å²) in [5, 5.41) is 0.785. The maximum absolute atomic E-state index is 13.3. The average Bonchev–Trinajstić information content (AvgIpc) is 2.63. The number of hydrogen-bond acceptors (Lipinski definition) is 3. The Morgan fingerprint density at radius 3 is 2.65 bits per heavy atom. The molecule has 138 valence electrons. The summed E-state index contributed by atoms with van der Waals surface area (Å²) in [5.74, 6) is -2.50. The topological polar surface area (TPSA) is 19.4 Å². The third kappa shape index (κ3) is 3.99. The molecule has 4 rings (SSSR count). The fraction of sp³-hybridized carbons (Fsp3) is 0.450. The Morgan fingerprint density at radius 1 is 1.04 bits per heavy atom. The summed E-state index contributed by atoms with van der Waals surface area (Å²) >= 11 is 6.09. The van der Waals surface area contributed by atoms with Crippen molar-refractivity contribution >= 4 is 17.3 Å². The maximum Gasteiger partial charge on any atom is 0.250 e. The zero-order valence-electron chi connectivity index (χ0n) is 14.6. The fourth-order valence-electron chi connectivity index (χ4n) is 3.77. The number of aromatic nitrogens is 1. The smallest absolute Gasteiger partial charge is 0.250 e. The number of benzene rings is 1. The third-order valence-corrected chi connectivity index (χ3v) is 5.56. The molecule has 3 nitrogen and oxygen atoms in total. The van der Waals surface area contributed by atoms with Crippen molar-refractivity contribution in [1.29, 1.82) is 0 Å². The molecule has 0 spiro atoms. The number of rotatable bonds is 3. The molecule has 1 aromatic carbocycles. The molecule has 1 aromatic heterocycles. The minimum Gasteiger partial charge on any atom is -0.366 e. The van der Waals surface area contributed by atoms with Gasteiger partial charge in [-0.05, 0) is 41.3 Å². The van der Waals surface area contributed by atoms with Crippen LogP contribution in [0.5, 0.6) is 0 Å². The first kappa shape index (κ1) is 17.7. The van der Waals surface area contributed by atoms with Gasteiger partial charge < -0.3 is 4.90 Å². The van der Waals surface area contributed by atoms with Crippen LogP contribution in [0.1, 0.15) is 29.5 Å². The highest BCUT2D eigenvalue weighted by Crippen LogP contribution is 2.29. The van der Waals surface area contributed by atoms with Crippen LogP contribution in [-0.4, -0.2) is 35.4 Å². The van der Waals surface area contributed by atoms with E-state index in [0.717, 1.165) is 35.8 Å². The lowest BCUT2D eigenvalue weighted by atomic mass is 9.99. The van der Waals surface area contributed by atoms with Crippen molar-refractivity contribution in [1.82, 2.24) is 9.88 Å². The first-order chi connectivity index (χ1) is 12.5. The molecule has 3 heterocycles. The van der Waals surface area contributed by atoms with Crippen LogP contribution in [-0.2, 0) is 19.5 Å². The normalized spacial score (nSPS) is 20.0. The van der Waals surface area contributed by atoms with Gasteiger partial charge in [0.1, 0.15) is 0 Å². The van der Waals surface area contributed by atoms with Crippen molar-refractivity contribution in [3.8, 4) is 0 Å². The minimum absolute atomic E-state index is 0.0500. The van der Waals surface area contributed by atoms with Gasteiger partial charge in [-0.25, -0.2) is 8.78 Å². The quantitative estimate of drug-likeness (QED) is 0.783. The Balaban J connectivity index is 1.44. The summed E-state index contributed by atoms with van der Waals surface area (Å²) < 4.78 is 26.6. The molecule has 0 atom stereocenters. The van der Waals surface area contributed by atoms with E-state index in [9.17, 15) is 8.78 Å². The van der Waals surface area contributed by atoms with E-state index < -0.39 is 5.92 Å². The van der Waals surface area contributed by atoms with Gasteiger partial charge >= 0.3 is 0 Å². The van der Waals surface area contributed by atoms with Crippen LogP contribution >= 0.6 is 11.6 Å². The van der Waals surface area contributed by atoms with E-state index in [-0.39, 0.29) is 12.8 Å². The summed E-state index contributed by atoms with van der Waals surface area (Å²) in [6, 6.07) is 8.22. The Labute approximate surface area is 157 Å². The highest BCUT2D eigenvalue weighted by Gasteiger charge is 2.33. The average molecular weight is 378 g/mol. The van der Waals surface area contributed by atoms with E-state index in [2.05, 4.69) is 33.0 Å². The second kappa shape index (κ2) is 7.12. The van der Waals surface area contributed by atoms with Crippen LogP contribution in [0, 0.1) is 0 Å². The number of pyridine rings is 1. The summed E-state index contributed by atoms with van der Waals surface area (Å²) in [7, 11) is 0. The predicted molar refractivity (Wildman–Crippen MR) is 99.9 cm³/mol. The highest BCUT2D eigenvalue weighted by atomic mass is 35.5. The summed E-state index contributed by atoms with van der Waals surface area (Å²) in [5.41, 5.74) is 4.77. The zero-order chi connectivity index (χ0) is 18.1. The lowest BCUT2D eigenvalue weighted by Gasteiger charge is -2.32. The highest BCUT2D eigenvalue weighted by molar-refractivity contribution is 6.30. The molecular formula is C20H22ClF2N3. The number of anilines is 1. The zero-order valence-corrected chi connectivity index (χ0v) is 15.4. The van der Waals surface area contributed by atoms with E-state index in [1.807, 2.05) is 18.5 Å². The Bertz CT molecular complexity index is 786. The molecule has 26 heavy (non-hydrogen) atoms. The summed E-state index contributed by atoms with van der Waals surface area (Å²) in [6.07, 6.45) is 4.58. The monoisotopic (exact) mass is 377 g/mol. The number of hydrogen-bond donors (Lipinski definition) is 0. The van der Waals surface area contributed by atoms with E-state index in [0.29, 0.717) is 19.6 Å². The van der Waals surface area contributed by atoms with Crippen molar-refractivity contribution in [3.05, 3.63) is 58.4 Å². The molecule has 1 saturated heterocycles. The Kier molecular flexibility index (Phi) is 4.84. The summed E-state index contributed by atoms with van der Waals surface area (Å²) in [6.45, 7) is 3.32. The number of likely N-dealkylation sites (tertiary alicyclic amines) is 1. The van der Waals surface area contributed by atoms with Crippen LogP contribution in [0.2, 0.25) is 5.02 Å². The van der Waals surface area contributed by atoms with Crippen molar-refractivity contribution < 1.29 is 8.78 Å². The maximum atomic E-state index is 13.3. The van der Waals surface area contributed by atoms with Crippen LogP contribution in [0.25, 0.3) is 0 Å². The Hall–Kier alpha value is -1.72. The van der Waals surface area contributed by atoms with E-state index in [1.54, 1.807) is 0 Å². The van der Waals surface area contributed by atoms with Gasteiger partial charge in [-0.15, -0.1) is 0 Å². The van der Waals surface area contributed by atoms with Crippen LogP contribution in [0.3, 0.4) is 0 Å². The van der Waals surface area contributed by atoms with Crippen molar-refractivity contribution in [2.24, 2.45) is 0 Å². The van der Waals surface area contributed by atoms with E-state index >= 15 is 0 Å². The van der Waals surface area contributed by atoms with Gasteiger partial charge in [-0.1, -0.05) is 17.7 Å². The van der Waals surface area contributed by atoms with Gasteiger partial charge in [0.05, 0.1) is 11.9 Å². The Morgan fingerprint density at radius 2 is 1.85 bits per heavy atom. The van der Waals surface area contributed by atoms with Crippen molar-refractivity contribution in [3.63, 3.8) is 0 Å². The van der Waals surface area contributed by atoms with Gasteiger partial charge in [0, 0.05) is 56.8 Å². The molecule has 0 aliphatic carbocycles. The molecule has 0 N–H and O–H groups in total. The minimum atomic E-state index is -2.50. The first-order valence-electron chi connectivity index (χ1n) is 9.05. The third-order valence-electron chi connectivity index (χ3n) is 5.32. The van der Waals surface area contributed by atoms with Gasteiger partial charge in [0.2, 0.25) is 0 Å². The molecule has 0 bridgehead atoms.